The minimum absolute atomic E-state index is 0.680. The molecule has 0 spiro atoms. The van der Waals surface area contributed by atoms with E-state index in [1.54, 1.807) is 0 Å². The van der Waals surface area contributed by atoms with E-state index in [4.69, 9.17) is 0 Å². The van der Waals surface area contributed by atoms with Crippen LogP contribution in [0.15, 0.2) is 6.33 Å². The third kappa shape index (κ3) is 1.98. The smallest absolute Gasteiger partial charge is 0.133 e. The third-order valence-corrected chi connectivity index (χ3v) is 4.00. The highest BCUT2D eigenvalue weighted by Crippen LogP contribution is 2.30. The Balaban J connectivity index is 1.71. The summed E-state index contributed by atoms with van der Waals surface area (Å²) in [5.41, 5.74) is 0. The van der Waals surface area contributed by atoms with Crippen molar-refractivity contribution in [2.45, 2.75) is 44.6 Å². The zero-order valence-corrected chi connectivity index (χ0v) is 9.73. The van der Waals surface area contributed by atoms with Gasteiger partial charge in [-0.2, -0.15) is 0 Å². The molecule has 1 aliphatic carbocycles. The summed E-state index contributed by atoms with van der Waals surface area (Å²) in [5.74, 6) is 1.98. The predicted octanol–water partition coefficient (Wildman–Crippen LogP) is 1.55. The van der Waals surface area contributed by atoms with E-state index in [-0.39, 0.29) is 0 Å². The van der Waals surface area contributed by atoms with Crippen LogP contribution in [0.2, 0.25) is 0 Å². The number of nitrogens with zero attached hydrogens (tertiary/aromatic N) is 3. The first-order valence-corrected chi connectivity index (χ1v) is 6.52. The molecule has 0 bridgehead atoms. The van der Waals surface area contributed by atoms with Crippen molar-refractivity contribution < 1.29 is 0 Å². The second-order valence-corrected chi connectivity index (χ2v) is 5.16. The topological polar surface area (TPSA) is 42.7 Å². The molecule has 1 aliphatic heterocycles. The predicted molar refractivity (Wildman–Crippen MR) is 62.2 cm³/mol. The highest BCUT2D eigenvalue weighted by atomic mass is 15.3. The Morgan fingerprint density at radius 1 is 1.31 bits per heavy atom. The molecule has 2 aliphatic rings. The van der Waals surface area contributed by atoms with E-state index in [1.165, 1.54) is 44.5 Å². The minimum Gasteiger partial charge on any atom is -0.316 e. The van der Waals surface area contributed by atoms with Gasteiger partial charge in [0.05, 0.1) is 0 Å². The lowest BCUT2D eigenvalue weighted by atomic mass is 10.0. The largest absolute Gasteiger partial charge is 0.316 e. The molecular formula is C12H20N4. The maximum atomic E-state index is 4.31. The van der Waals surface area contributed by atoms with E-state index in [1.807, 2.05) is 6.33 Å². The summed E-state index contributed by atoms with van der Waals surface area (Å²) in [6, 6.07) is 0.680. The molecule has 88 valence electrons. The van der Waals surface area contributed by atoms with Gasteiger partial charge < -0.3 is 9.88 Å². The van der Waals surface area contributed by atoms with Crippen LogP contribution < -0.4 is 5.32 Å². The van der Waals surface area contributed by atoms with Gasteiger partial charge in [0.1, 0.15) is 12.2 Å². The first-order chi connectivity index (χ1) is 7.93. The van der Waals surface area contributed by atoms with Crippen LogP contribution in [0.4, 0.5) is 0 Å². The Morgan fingerprint density at radius 3 is 2.94 bits per heavy atom. The number of hydrogen-bond donors (Lipinski definition) is 1. The Kier molecular flexibility index (Phi) is 2.91. The second kappa shape index (κ2) is 4.53. The SMILES string of the molecule is c1nnc(CC2CCNC2)n1C1CCCC1. The normalized spacial score (nSPS) is 26.6. The van der Waals surface area contributed by atoms with Gasteiger partial charge in [0, 0.05) is 12.5 Å². The van der Waals surface area contributed by atoms with Crippen LogP contribution >= 0.6 is 0 Å². The van der Waals surface area contributed by atoms with Crippen molar-refractivity contribution in [1.82, 2.24) is 20.1 Å². The van der Waals surface area contributed by atoms with Gasteiger partial charge in [-0.1, -0.05) is 12.8 Å². The van der Waals surface area contributed by atoms with Crippen molar-refractivity contribution in [3.63, 3.8) is 0 Å². The summed E-state index contributed by atoms with van der Waals surface area (Å²) in [5, 5.41) is 11.8. The van der Waals surface area contributed by atoms with Gasteiger partial charge >= 0.3 is 0 Å². The average molecular weight is 220 g/mol. The van der Waals surface area contributed by atoms with Crippen molar-refractivity contribution in [2.75, 3.05) is 13.1 Å². The summed E-state index contributed by atoms with van der Waals surface area (Å²) < 4.78 is 2.34. The molecule has 1 aromatic heterocycles. The fraction of sp³-hybridized carbons (Fsp3) is 0.833. The van der Waals surface area contributed by atoms with Crippen LogP contribution in [0.1, 0.15) is 44.0 Å². The summed E-state index contributed by atoms with van der Waals surface area (Å²) in [6.07, 6.45) is 9.69. The van der Waals surface area contributed by atoms with Crippen LogP contribution in [-0.4, -0.2) is 27.9 Å². The molecule has 4 nitrogen and oxygen atoms in total. The molecular weight excluding hydrogens is 200 g/mol. The Labute approximate surface area is 96.4 Å². The summed E-state index contributed by atoms with van der Waals surface area (Å²) in [6.45, 7) is 2.32. The van der Waals surface area contributed by atoms with E-state index in [0.717, 1.165) is 18.9 Å². The van der Waals surface area contributed by atoms with Gasteiger partial charge in [0.2, 0.25) is 0 Å². The zero-order chi connectivity index (χ0) is 10.8. The third-order valence-electron chi connectivity index (χ3n) is 4.00. The van der Waals surface area contributed by atoms with Crippen molar-refractivity contribution in [3.05, 3.63) is 12.2 Å². The van der Waals surface area contributed by atoms with Crippen LogP contribution in [0.25, 0.3) is 0 Å². The molecule has 3 rings (SSSR count). The molecule has 1 atom stereocenters. The lowest BCUT2D eigenvalue weighted by Crippen LogP contribution is -2.15. The lowest BCUT2D eigenvalue weighted by molar-refractivity contribution is 0.468. The molecule has 1 unspecified atom stereocenters. The quantitative estimate of drug-likeness (QED) is 0.840. The first kappa shape index (κ1) is 10.3. The highest BCUT2D eigenvalue weighted by molar-refractivity contribution is 4.94. The second-order valence-electron chi connectivity index (χ2n) is 5.16. The molecule has 0 radical (unpaired) electrons. The van der Waals surface area contributed by atoms with Crippen LogP contribution in [0.5, 0.6) is 0 Å². The Hall–Kier alpha value is -0.900. The highest BCUT2D eigenvalue weighted by Gasteiger charge is 2.22. The summed E-state index contributed by atoms with van der Waals surface area (Å²) in [4.78, 5) is 0. The van der Waals surface area contributed by atoms with Crippen molar-refractivity contribution in [2.24, 2.45) is 5.92 Å². The average Bonchev–Trinajstić information content (AvgIpc) is 2.98. The van der Waals surface area contributed by atoms with Crippen molar-refractivity contribution >= 4 is 0 Å². The molecule has 1 saturated carbocycles. The zero-order valence-electron chi connectivity index (χ0n) is 9.73. The van der Waals surface area contributed by atoms with Gasteiger partial charge in [-0.15, -0.1) is 10.2 Å². The van der Waals surface area contributed by atoms with E-state index in [9.17, 15) is 0 Å². The molecule has 1 N–H and O–H groups in total. The van der Waals surface area contributed by atoms with Gasteiger partial charge in [-0.3, -0.25) is 0 Å². The monoisotopic (exact) mass is 220 g/mol. The van der Waals surface area contributed by atoms with E-state index in [0.29, 0.717) is 6.04 Å². The van der Waals surface area contributed by atoms with Gasteiger partial charge in [-0.25, -0.2) is 0 Å². The molecule has 0 aromatic carbocycles. The fourth-order valence-corrected chi connectivity index (χ4v) is 3.05. The van der Waals surface area contributed by atoms with Crippen molar-refractivity contribution in [3.8, 4) is 0 Å². The number of hydrogen-bond acceptors (Lipinski definition) is 3. The van der Waals surface area contributed by atoms with E-state index in [2.05, 4.69) is 20.1 Å². The summed E-state index contributed by atoms with van der Waals surface area (Å²) in [7, 11) is 0. The lowest BCUT2D eigenvalue weighted by Gasteiger charge is -2.15. The molecule has 2 heterocycles. The Morgan fingerprint density at radius 2 is 2.19 bits per heavy atom. The first-order valence-electron chi connectivity index (χ1n) is 6.52. The number of nitrogens with one attached hydrogen (secondary N) is 1. The molecule has 1 saturated heterocycles. The van der Waals surface area contributed by atoms with Crippen LogP contribution in [0.3, 0.4) is 0 Å². The maximum absolute atomic E-state index is 4.31. The molecule has 4 heteroatoms. The fourth-order valence-electron chi connectivity index (χ4n) is 3.05. The molecule has 16 heavy (non-hydrogen) atoms. The standard InChI is InChI=1S/C12H20N4/c1-2-4-11(3-1)16-9-14-15-12(16)7-10-5-6-13-8-10/h9-11,13H,1-8H2. The summed E-state index contributed by atoms with van der Waals surface area (Å²) >= 11 is 0. The van der Waals surface area contributed by atoms with Gasteiger partial charge in [0.25, 0.3) is 0 Å². The van der Waals surface area contributed by atoms with E-state index >= 15 is 0 Å². The molecule has 1 aromatic rings. The molecule has 2 fully saturated rings. The van der Waals surface area contributed by atoms with Gasteiger partial charge in [0.15, 0.2) is 0 Å². The minimum atomic E-state index is 0.680. The van der Waals surface area contributed by atoms with Gasteiger partial charge in [-0.05, 0) is 38.3 Å². The van der Waals surface area contributed by atoms with Crippen molar-refractivity contribution in [1.29, 1.82) is 0 Å². The number of aromatic nitrogens is 3. The molecule has 0 amide bonds. The van der Waals surface area contributed by atoms with Crippen LogP contribution in [0, 0.1) is 5.92 Å². The maximum Gasteiger partial charge on any atom is 0.133 e. The number of rotatable bonds is 3. The van der Waals surface area contributed by atoms with E-state index < -0.39 is 0 Å². The van der Waals surface area contributed by atoms with Crippen LogP contribution in [-0.2, 0) is 6.42 Å². The Bertz CT molecular complexity index is 335.